The first-order valence-electron chi connectivity index (χ1n) is 6.02. The van der Waals surface area contributed by atoms with Crippen LogP contribution in [-0.2, 0) is 0 Å². The van der Waals surface area contributed by atoms with Crippen LogP contribution in [0.2, 0.25) is 0 Å². The predicted octanol–water partition coefficient (Wildman–Crippen LogP) is 1.60. The highest BCUT2D eigenvalue weighted by atomic mass is 31.1. The summed E-state index contributed by atoms with van der Waals surface area (Å²) in [5.74, 6) is 0. The van der Waals surface area contributed by atoms with Gasteiger partial charge in [-0.15, -0.1) is 0 Å². The van der Waals surface area contributed by atoms with E-state index in [1.165, 1.54) is 0 Å². The molecule has 100 valence electrons. The molecular weight excluding hydrogens is 278 g/mol. The highest BCUT2D eigenvalue weighted by molar-refractivity contribution is 7.60. The average molecular weight is 294 g/mol. The van der Waals surface area contributed by atoms with Gasteiger partial charge < -0.3 is 9.79 Å². The lowest BCUT2D eigenvalue weighted by Crippen LogP contribution is -2.10. The molecule has 0 aromatic carbocycles. The molecule has 19 heavy (non-hydrogen) atoms. The van der Waals surface area contributed by atoms with E-state index in [-0.39, 0.29) is 0 Å². The van der Waals surface area contributed by atoms with Gasteiger partial charge in [-0.1, -0.05) is 12.1 Å². The molecule has 0 aliphatic heterocycles. The summed E-state index contributed by atoms with van der Waals surface area (Å²) in [4.78, 5) is 28.3. The second-order valence-electron chi connectivity index (χ2n) is 3.98. The van der Waals surface area contributed by atoms with E-state index in [2.05, 4.69) is 9.97 Å². The molecule has 0 aliphatic carbocycles. The SMILES string of the molecule is OP(CCCP(O)c1ccccn1)c1ccccn1. The molecule has 0 spiro atoms. The molecule has 2 aromatic heterocycles. The van der Waals surface area contributed by atoms with Gasteiger partial charge in [-0.2, -0.15) is 0 Å². The van der Waals surface area contributed by atoms with Crippen LogP contribution in [0.25, 0.3) is 0 Å². The van der Waals surface area contributed by atoms with Gasteiger partial charge in [0.25, 0.3) is 0 Å². The molecule has 2 aromatic rings. The third kappa shape index (κ3) is 4.59. The summed E-state index contributed by atoms with van der Waals surface area (Å²) >= 11 is 0. The van der Waals surface area contributed by atoms with Crippen LogP contribution < -0.4 is 10.9 Å². The smallest absolute Gasteiger partial charge is 0.0902 e. The van der Waals surface area contributed by atoms with Crippen molar-refractivity contribution in [2.24, 2.45) is 0 Å². The van der Waals surface area contributed by atoms with E-state index in [0.29, 0.717) is 12.3 Å². The van der Waals surface area contributed by atoms with Crippen LogP contribution in [0.1, 0.15) is 6.42 Å². The van der Waals surface area contributed by atoms with Gasteiger partial charge in [0, 0.05) is 12.4 Å². The lowest BCUT2D eigenvalue weighted by molar-refractivity contribution is 0.624. The maximum atomic E-state index is 10.0. The van der Waals surface area contributed by atoms with Crippen molar-refractivity contribution >= 4 is 27.2 Å². The minimum absolute atomic E-state index is 0.665. The fraction of sp³-hybridized carbons (Fsp3) is 0.231. The summed E-state index contributed by atoms with van der Waals surface area (Å²) in [6.45, 7) is 0. The van der Waals surface area contributed by atoms with Crippen molar-refractivity contribution in [2.75, 3.05) is 12.3 Å². The highest BCUT2D eigenvalue weighted by Gasteiger charge is 2.12. The van der Waals surface area contributed by atoms with E-state index in [0.717, 1.165) is 17.3 Å². The number of aromatic nitrogens is 2. The summed E-state index contributed by atoms with van der Waals surface area (Å²) in [6.07, 6.45) is 5.48. The normalized spacial score (nSPS) is 14.0. The Labute approximate surface area is 115 Å². The zero-order valence-corrected chi connectivity index (χ0v) is 12.2. The van der Waals surface area contributed by atoms with Crippen LogP contribution in [0.4, 0.5) is 0 Å². The molecule has 0 radical (unpaired) electrons. The summed E-state index contributed by atoms with van der Waals surface area (Å²) in [5.41, 5.74) is 1.50. The maximum absolute atomic E-state index is 10.0. The Morgan fingerprint density at radius 2 is 1.26 bits per heavy atom. The Morgan fingerprint density at radius 1 is 0.789 bits per heavy atom. The van der Waals surface area contributed by atoms with E-state index in [4.69, 9.17) is 0 Å². The molecular formula is C13H16N2O2P2. The van der Waals surface area contributed by atoms with Crippen LogP contribution in [0, 0.1) is 0 Å². The van der Waals surface area contributed by atoms with E-state index in [1.54, 1.807) is 12.4 Å². The molecule has 0 amide bonds. The van der Waals surface area contributed by atoms with Gasteiger partial charge in [-0.25, -0.2) is 0 Å². The molecule has 0 fully saturated rings. The number of nitrogens with zero attached hydrogens (tertiary/aromatic N) is 2. The minimum Gasteiger partial charge on any atom is -0.367 e. The van der Waals surface area contributed by atoms with E-state index >= 15 is 0 Å². The fourth-order valence-corrected chi connectivity index (χ4v) is 4.15. The van der Waals surface area contributed by atoms with Gasteiger partial charge in [0.15, 0.2) is 0 Å². The molecule has 0 aliphatic rings. The number of rotatable bonds is 6. The van der Waals surface area contributed by atoms with Crippen LogP contribution in [-0.4, -0.2) is 32.1 Å². The van der Waals surface area contributed by atoms with E-state index < -0.39 is 16.3 Å². The standard InChI is InChI=1S/C13H16N2O2P2/c16-18(12-6-1-3-8-14-12)10-5-11-19(17)13-7-2-4-9-15-13/h1-4,6-9,16-17H,5,10-11H2. The lowest BCUT2D eigenvalue weighted by Gasteiger charge is -2.12. The molecule has 4 nitrogen and oxygen atoms in total. The van der Waals surface area contributed by atoms with Crippen molar-refractivity contribution in [1.82, 2.24) is 9.97 Å². The Morgan fingerprint density at radius 3 is 1.63 bits per heavy atom. The molecule has 2 atom stereocenters. The summed E-state index contributed by atoms with van der Waals surface area (Å²) in [7, 11) is -2.41. The van der Waals surface area contributed by atoms with Crippen LogP contribution in [0.5, 0.6) is 0 Å². The quantitative estimate of drug-likeness (QED) is 0.794. The third-order valence-electron chi connectivity index (χ3n) is 2.57. The molecule has 2 unspecified atom stereocenters. The largest absolute Gasteiger partial charge is 0.367 e. The van der Waals surface area contributed by atoms with Crippen molar-refractivity contribution < 1.29 is 9.79 Å². The van der Waals surface area contributed by atoms with Gasteiger partial charge in [-0.3, -0.25) is 9.97 Å². The first-order chi connectivity index (χ1) is 9.27. The zero-order chi connectivity index (χ0) is 13.5. The highest BCUT2D eigenvalue weighted by Crippen LogP contribution is 2.33. The van der Waals surface area contributed by atoms with Crippen molar-refractivity contribution in [2.45, 2.75) is 6.42 Å². The molecule has 2 heterocycles. The number of pyridine rings is 2. The third-order valence-corrected chi connectivity index (χ3v) is 5.63. The maximum Gasteiger partial charge on any atom is 0.0902 e. The van der Waals surface area contributed by atoms with Crippen molar-refractivity contribution in [3.63, 3.8) is 0 Å². The van der Waals surface area contributed by atoms with Gasteiger partial charge in [0.2, 0.25) is 0 Å². The second kappa shape index (κ2) is 7.62. The monoisotopic (exact) mass is 294 g/mol. The van der Waals surface area contributed by atoms with E-state index in [1.807, 2.05) is 36.4 Å². The van der Waals surface area contributed by atoms with Gasteiger partial charge >= 0.3 is 0 Å². The molecule has 6 heteroatoms. The van der Waals surface area contributed by atoms with Crippen LogP contribution >= 0.6 is 16.3 Å². The predicted molar refractivity (Wildman–Crippen MR) is 80.4 cm³/mol. The fourth-order valence-electron chi connectivity index (χ4n) is 1.61. The van der Waals surface area contributed by atoms with Crippen LogP contribution in [0.15, 0.2) is 48.8 Å². The molecule has 2 rings (SSSR count). The second-order valence-corrected chi connectivity index (χ2v) is 7.38. The van der Waals surface area contributed by atoms with Gasteiger partial charge in [0.1, 0.15) is 0 Å². The minimum atomic E-state index is -1.21. The first kappa shape index (κ1) is 14.5. The van der Waals surface area contributed by atoms with Crippen LogP contribution in [0.3, 0.4) is 0 Å². The Balaban J connectivity index is 1.78. The molecule has 0 bridgehead atoms. The van der Waals surface area contributed by atoms with Gasteiger partial charge in [0.05, 0.1) is 27.2 Å². The first-order valence-corrected chi connectivity index (χ1v) is 8.98. The van der Waals surface area contributed by atoms with Crippen molar-refractivity contribution in [1.29, 1.82) is 0 Å². The Kier molecular flexibility index (Phi) is 5.81. The Bertz CT molecular complexity index is 439. The summed E-state index contributed by atoms with van der Waals surface area (Å²) < 4.78 is 0. The molecule has 0 saturated carbocycles. The van der Waals surface area contributed by atoms with Crippen molar-refractivity contribution in [3.8, 4) is 0 Å². The molecule has 2 N–H and O–H groups in total. The van der Waals surface area contributed by atoms with Gasteiger partial charge in [-0.05, 0) is 43.0 Å². The number of hydrogen-bond acceptors (Lipinski definition) is 4. The Hall–Kier alpha value is -0.920. The summed E-state index contributed by atoms with van der Waals surface area (Å²) in [6, 6.07) is 11.1. The summed E-state index contributed by atoms with van der Waals surface area (Å²) in [5, 5.41) is 0. The average Bonchev–Trinajstić information content (AvgIpc) is 2.49. The van der Waals surface area contributed by atoms with Crippen molar-refractivity contribution in [3.05, 3.63) is 48.8 Å². The molecule has 0 saturated heterocycles. The van der Waals surface area contributed by atoms with E-state index in [9.17, 15) is 9.79 Å². The topological polar surface area (TPSA) is 66.2 Å². The lowest BCUT2D eigenvalue weighted by atomic mass is 10.5. The zero-order valence-electron chi connectivity index (χ0n) is 10.4. The number of hydrogen-bond donors (Lipinski definition) is 2.